The monoisotopic (exact) mass is 162 g/mol. The summed E-state index contributed by atoms with van der Waals surface area (Å²) in [6.45, 7) is 0. The van der Waals surface area contributed by atoms with Crippen molar-refractivity contribution < 1.29 is 4.74 Å². The van der Waals surface area contributed by atoms with Gasteiger partial charge >= 0.3 is 0 Å². The minimum Gasteiger partial charge on any atom is -0.496 e. The molecule has 3 heteroatoms. The number of benzene rings is 1. The molecule has 0 N–H and O–H groups in total. The summed E-state index contributed by atoms with van der Waals surface area (Å²) in [5.41, 5.74) is -0.855. The molecule has 0 aliphatic rings. The molecule has 0 aliphatic carbocycles. The van der Waals surface area contributed by atoms with E-state index in [1.807, 2.05) is 0 Å². The number of rotatable bonds is 1. The average molecular weight is 162 g/mol. The van der Waals surface area contributed by atoms with Crippen LogP contribution in [0.1, 0.15) is 0 Å². The summed E-state index contributed by atoms with van der Waals surface area (Å²) in [5, 5.41) is 0.893. The largest absolute Gasteiger partial charge is 0.496 e. The van der Waals surface area contributed by atoms with Crippen LogP contribution in [0.2, 0.25) is 0 Å². The van der Waals surface area contributed by atoms with Gasteiger partial charge in [-0.25, -0.2) is 0 Å². The molecule has 0 amide bonds. The first-order chi connectivity index (χ1) is 5.75. The highest BCUT2D eigenvalue weighted by atomic mass is 16.5. The van der Waals surface area contributed by atoms with Crippen LogP contribution in [0, 0.1) is 0 Å². The highest BCUT2D eigenvalue weighted by Crippen LogP contribution is 2.20. The summed E-state index contributed by atoms with van der Waals surface area (Å²) in [5.74, 6) is 0.483. The van der Waals surface area contributed by atoms with Crippen molar-refractivity contribution in [3.8, 4) is 5.75 Å². The van der Waals surface area contributed by atoms with Gasteiger partial charge < -0.3 is 4.74 Å². The van der Waals surface area contributed by atoms with Gasteiger partial charge in [-0.3, -0.25) is 9.59 Å². The normalized spacial score (nSPS) is 10.8. The summed E-state index contributed by atoms with van der Waals surface area (Å²) in [4.78, 5) is 21.9. The standard InChI is InChI=1S/C9H6O3/c1-12-6-4-2-3-5-7(6)9(11)8(5)10/h2-4H,1H3. The van der Waals surface area contributed by atoms with Crippen LogP contribution in [0.25, 0.3) is 10.8 Å². The molecule has 3 nitrogen and oxygen atoms in total. The lowest BCUT2D eigenvalue weighted by Crippen LogP contribution is -2.30. The molecular weight excluding hydrogens is 156 g/mol. The van der Waals surface area contributed by atoms with Crippen molar-refractivity contribution >= 4 is 10.8 Å². The predicted octanol–water partition coefficient (Wildman–Crippen LogP) is 0.444. The molecule has 0 atom stereocenters. The second kappa shape index (κ2) is 2.17. The van der Waals surface area contributed by atoms with Crippen LogP contribution in [0.3, 0.4) is 0 Å². The SMILES string of the molecule is COc1cccc2c(=O)c(=O)c12. The molecule has 0 heterocycles. The molecular formula is C9H6O3. The van der Waals surface area contributed by atoms with Gasteiger partial charge in [0.2, 0.25) is 10.9 Å². The third-order valence-corrected chi connectivity index (χ3v) is 1.92. The molecule has 0 saturated carbocycles. The van der Waals surface area contributed by atoms with Gasteiger partial charge in [-0.2, -0.15) is 0 Å². The molecule has 0 aliphatic heterocycles. The fourth-order valence-electron chi connectivity index (χ4n) is 1.30. The number of methoxy groups -OCH3 is 1. The first-order valence-electron chi connectivity index (χ1n) is 3.51. The lowest BCUT2D eigenvalue weighted by molar-refractivity contribution is 0.419. The number of hydrogen-bond acceptors (Lipinski definition) is 3. The van der Waals surface area contributed by atoms with Crippen molar-refractivity contribution in [2.75, 3.05) is 7.11 Å². The van der Waals surface area contributed by atoms with Gasteiger partial charge in [-0.05, 0) is 12.1 Å². The van der Waals surface area contributed by atoms with Crippen molar-refractivity contribution in [1.82, 2.24) is 0 Å². The zero-order valence-electron chi connectivity index (χ0n) is 6.46. The van der Waals surface area contributed by atoms with Crippen LogP contribution in [0.4, 0.5) is 0 Å². The Morgan fingerprint density at radius 1 is 1.17 bits per heavy atom. The molecule has 0 radical (unpaired) electrons. The third-order valence-electron chi connectivity index (χ3n) is 1.92. The first kappa shape index (κ1) is 7.03. The van der Waals surface area contributed by atoms with Crippen molar-refractivity contribution in [1.29, 1.82) is 0 Å². The van der Waals surface area contributed by atoms with E-state index in [-0.39, 0.29) is 0 Å². The van der Waals surface area contributed by atoms with E-state index in [0.29, 0.717) is 16.5 Å². The Morgan fingerprint density at radius 3 is 2.58 bits per heavy atom. The smallest absolute Gasteiger partial charge is 0.238 e. The van der Waals surface area contributed by atoms with E-state index in [1.54, 1.807) is 18.2 Å². The summed E-state index contributed by atoms with van der Waals surface area (Å²) < 4.78 is 4.92. The lowest BCUT2D eigenvalue weighted by Gasteiger charge is -2.04. The Bertz CT molecular complexity index is 504. The second-order valence-electron chi connectivity index (χ2n) is 2.54. The van der Waals surface area contributed by atoms with Gasteiger partial charge in [0, 0.05) is 5.39 Å². The van der Waals surface area contributed by atoms with Crippen LogP contribution in [0.5, 0.6) is 5.75 Å². The average Bonchev–Trinajstić information content (AvgIpc) is 2.15. The minimum absolute atomic E-state index is 0.413. The highest BCUT2D eigenvalue weighted by Gasteiger charge is 2.15. The zero-order valence-corrected chi connectivity index (χ0v) is 6.46. The molecule has 0 fully saturated rings. The number of ether oxygens (including phenoxy) is 1. The summed E-state index contributed by atoms with van der Waals surface area (Å²) in [7, 11) is 1.48. The van der Waals surface area contributed by atoms with Crippen molar-refractivity contribution in [2.24, 2.45) is 0 Å². The molecule has 2 aromatic rings. The maximum atomic E-state index is 11.0. The van der Waals surface area contributed by atoms with E-state index in [4.69, 9.17) is 4.74 Å². The van der Waals surface area contributed by atoms with Crippen molar-refractivity contribution in [3.63, 3.8) is 0 Å². The quantitative estimate of drug-likeness (QED) is 0.571. The van der Waals surface area contributed by atoms with Crippen LogP contribution < -0.4 is 15.6 Å². The molecule has 2 rings (SSSR count). The Labute approximate surface area is 67.9 Å². The van der Waals surface area contributed by atoms with Crippen LogP contribution in [-0.4, -0.2) is 7.11 Å². The molecule has 0 saturated heterocycles. The van der Waals surface area contributed by atoms with E-state index in [1.165, 1.54) is 7.11 Å². The third kappa shape index (κ3) is 0.652. The molecule has 12 heavy (non-hydrogen) atoms. The lowest BCUT2D eigenvalue weighted by atomic mass is 10.0. The minimum atomic E-state index is -0.442. The first-order valence-corrected chi connectivity index (χ1v) is 3.51. The Morgan fingerprint density at radius 2 is 1.92 bits per heavy atom. The summed E-state index contributed by atoms with van der Waals surface area (Å²) in [6.07, 6.45) is 0. The van der Waals surface area contributed by atoms with Crippen molar-refractivity contribution in [3.05, 3.63) is 38.6 Å². The maximum absolute atomic E-state index is 11.0. The highest BCUT2D eigenvalue weighted by molar-refractivity contribution is 5.92. The summed E-state index contributed by atoms with van der Waals surface area (Å²) >= 11 is 0. The Kier molecular flexibility index (Phi) is 1.27. The second-order valence-corrected chi connectivity index (χ2v) is 2.54. The van der Waals surface area contributed by atoms with Crippen LogP contribution in [-0.2, 0) is 0 Å². The van der Waals surface area contributed by atoms with Gasteiger partial charge in [0.05, 0.1) is 12.5 Å². The van der Waals surface area contributed by atoms with Crippen LogP contribution in [0.15, 0.2) is 27.8 Å². The van der Waals surface area contributed by atoms with E-state index < -0.39 is 10.9 Å². The topological polar surface area (TPSA) is 43.4 Å². The van der Waals surface area contributed by atoms with E-state index in [9.17, 15) is 9.59 Å². The van der Waals surface area contributed by atoms with E-state index in [2.05, 4.69) is 0 Å². The fraction of sp³-hybridized carbons (Fsp3) is 0.111. The molecule has 60 valence electrons. The van der Waals surface area contributed by atoms with Gasteiger partial charge in [0.1, 0.15) is 5.75 Å². The fourth-order valence-corrected chi connectivity index (χ4v) is 1.30. The van der Waals surface area contributed by atoms with Gasteiger partial charge in [0.15, 0.2) is 0 Å². The van der Waals surface area contributed by atoms with Gasteiger partial charge in [-0.15, -0.1) is 0 Å². The maximum Gasteiger partial charge on any atom is 0.238 e. The Balaban J connectivity index is 2.92. The number of fused-ring (bicyclic) bond motifs is 1. The van der Waals surface area contributed by atoms with Crippen molar-refractivity contribution in [2.45, 2.75) is 0 Å². The predicted molar refractivity (Wildman–Crippen MR) is 45.4 cm³/mol. The molecule has 0 aromatic heterocycles. The van der Waals surface area contributed by atoms with E-state index >= 15 is 0 Å². The number of hydrogen-bond donors (Lipinski definition) is 0. The molecule has 2 aromatic carbocycles. The molecule has 0 spiro atoms. The Hall–Kier alpha value is -1.64. The van der Waals surface area contributed by atoms with E-state index in [0.717, 1.165) is 0 Å². The summed E-state index contributed by atoms with van der Waals surface area (Å²) in [6, 6.07) is 4.99. The van der Waals surface area contributed by atoms with Gasteiger partial charge in [-0.1, -0.05) is 6.07 Å². The molecule has 0 unspecified atom stereocenters. The molecule has 0 bridgehead atoms. The zero-order chi connectivity index (χ0) is 8.72. The van der Waals surface area contributed by atoms with Crippen LogP contribution >= 0.6 is 0 Å². The van der Waals surface area contributed by atoms with Gasteiger partial charge in [0.25, 0.3) is 0 Å².